The predicted octanol–water partition coefficient (Wildman–Crippen LogP) is 2.49. The highest BCUT2D eigenvalue weighted by Crippen LogP contribution is 2.37. The maximum atomic E-state index is 5.76. The summed E-state index contributed by atoms with van der Waals surface area (Å²) >= 11 is 2.00. The molecule has 4 nitrogen and oxygen atoms in total. The number of hydrogen-bond donors (Lipinski definition) is 2. The summed E-state index contributed by atoms with van der Waals surface area (Å²) in [5, 5.41) is 0.525. The van der Waals surface area contributed by atoms with Crippen molar-refractivity contribution in [3.8, 4) is 11.5 Å². The highest BCUT2D eigenvalue weighted by molar-refractivity contribution is 8.00. The predicted molar refractivity (Wildman–Crippen MR) is 79.7 cm³/mol. The molecule has 0 amide bonds. The van der Waals surface area contributed by atoms with E-state index in [0.29, 0.717) is 5.25 Å². The van der Waals surface area contributed by atoms with Gasteiger partial charge in [0, 0.05) is 5.25 Å². The molecule has 5 heteroatoms. The molecule has 0 spiro atoms. The first-order valence-electron chi connectivity index (χ1n) is 6.59. The van der Waals surface area contributed by atoms with E-state index >= 15 is 0 Å². The van der Waals surface area contributed by atoms with Gasteiger partial charge in [0.05, 0.1) is 20.3 Å². The topological polar surface area (TPSA) is 56.5 Å². The van der Waals surface area contributed by atoms with Gasteiger partial charge in [0.25, 0.3) is 0 Å². The molecule has 2 unspecified atom stereocenters. The van der Waals surface area contributed by atoms with E-state index in [4.69, 9.17) is 15.3 Å². The largest absolute Gasteiger partial charge is 0.493 e. The van der Waals surface area contributed by atoms with Crippen molar-refractivity contribution in [2.24, 2.45) is 5.84 Å². The van der Waals surface area contributed by atoms with Crippen LogP contribution in [0.2, 0.25) is 0 Å². The van der Waals surface area contributed by atoms with E-state index in [2.05, 4.69) is 11.5 Å². The number of hydrogen-bond acceptors (Lipinski definition) is 5. The van der Waals surface area contributed by atoms with Gasteiger partial charge in [-0.05, 0) is 36.3 Å². The Labute approximate surface area is 119 Å². The molecule has 1 aliphatic heterocycles. The molecule has 0 aromatic heterocycles. The third kappa shape index (κ3) is 3.35. The average Bonchev–Trinajstić information content (AvgIpc) is 2.49. The van der Waals surface area contributed by atoms with E-state index in [-0.39, 0.29) is 6.04 Å². The van der Waals surface area contributed by atoms with Crippen molar-refractivity contribution < 1.29 is 9.47 Å². The Morgan fingerprint density at radius 3 is 2.63 bits per heavy atom. The standard InChI is InChI=1S/C14H22N2O2S/c1-17-11-7-6-10(9-12(11)18-2)14(16-15)13-5-3-4-8-19-13/h6-7,9,13-14,16H,3-5,8,15H2,1-2H3. The van der Waals surface area contributed by atoms with Crippen LogP contribution in [0.25, 0.3) is 0 Å². The number of methoxy groups -OCH3 is 2. The van der Waals surface area contributed by atoms with E-state index in [1.54, 1.807) is 14.2 Å². The lowest BCUT2D eigenvalue weighted by Crippen LogP contribution is -2.36. The fourth-order valence-electron chi connectivity index (χ4n) is 2.49. The van der Waals surface area contributed by atoms with E-state index in [1.807, 2.05) is 23.9 Å². The van der Waals surface area contributed by atoms with Crippen LogP contribution in [0.1, 0.15) is 30.9 Å². The molecule has 19 heavy (non-hydrogen) atoms. The van der Waals surface area contributed by atoms with Crippen molar-refractivity contribution in [1.82, 2.24) is 5.43 Å². The SMILES string of the molecule is COc1ccc(C(NN)C2CCCCS2)cc1OC. The minimum absolute atomic E-state index is 0.158. The van der Waals surface area contributed by atoms with Gasteiger partial charge in [-0.2, -0.15) is 11.8 Å². The van der Waals surface area contributed by atoms with Crippen LogP contribution in [0, 0.1) is 0 Å². The number of nitrogens with two attached hydrogens (primary N) is 1. The number of hydrazine groups is 1. The van der Waals surface area contributed by atoms with Gasteiger partial charge in [0.2, 0.25) is 0 Å². The summed E-state index contributed by atoms with van der Waals surface area (Å²) in [7, 11) is 3.30. The fraction of sp³-hybridized carbons (Fsp3) is 0.571. The fourth-order valence-corrected chi connectivity index (χ4v) is 3.93. The lowest BCUT2D eigenvalue weighted by molar-refractivity contribution is 0.353. The van der Waals surface area contributed by atoms with Gasteiger partial charge in [0.1, 0.15) is 0 Å². The second kappa shape index (κ2) is 7.03. The summed E-state index contributed by atoms with van der Waals surface area (Å²) in [5.74, 6) is 8.48. The summed E-state index contributed by atoms with van der Waals surface area (Å²) in [6.07, 6.45) is 3.79. The molecule has 3 N–H and O–H groups in total. The van der Waals surface area contributed by atoms with Crippen molar-refractivity contribution in [3.63, 3.8) is 0 Å². The van der Waals surface area contributed by atoms with Crippen molar-refractivity contribution in [3.05, 3.63) is 23.8 Å². The third-order valence-electron chi connectivity index (χ3n) is 3.53. The van der Waals surface area contributed by atoms with E-state index in [0.717, 1.165) is 17.1 Å². The molecule has 2 atom stereocenters. The second-order valence-electron chi connectivity index (χ2n) is 4.66. The molecular formula is C14H22N2O2S. The zero-order valence-electron chi connectivity index (χ0n) is 11.5. The Morgan fingerprint density at radius 2 is 2.05 bits per heavy atom. The normalized spacial score (nSPS) is 20.9. The van der Waals surface area contributed by atoms with Crippen molar-refractivity contribution in [2.45, 2.75) is 30.6 Å². The molecule has 0 bridgehead atoms. The maximum absolute atomic E-state index is 5.76. The molecule has 1 saturated heterocycles. The molecule has 1 heterocycles. The lowest BCUT2D eigenvalue weighted by atomic mass is 9.99. The summed E-state index contributed by atoms with van der Waals surface area (Å²) in [5.41, 5.74) is 4.11. The van der Waals surface area contributed by atoms with Crippen LogP contribution < -0.4 is 20.7 Å². The summed E-state index contributed by atoms with van der Waals surface area (Å²) in [6, 6.07) is 6.16. The molecular weight excluding hydrogens is 260 g/mol. The van der Waals surface area contributed by atoms with E-state index in [1.165, 1.54) is 25.0 Å². The number of ether oxygens (including phenoxy) is 2. The number of thioether (sulfide) groups is 1. The molecule has 106 valence electrons. The summed E-state index contributed by atoms with van der Waals surface area (Å²) in [4.78, 5) is 0. The first-order valence-corrected chi connectivity index (χ1v) is 7.64. The van der Waals surface area contributed by atoms with Crippen LogP contribution >= 0.6 is 11.8 Å². The Morgan fingerprint density at radius 1 is 1.26 bits per heavy atom. The Bertz CT molecular complexity index is 408. The first kappa shape index (κ1) is 14.5. The number of nitrogens with one attached hydrogen (secondary N) is 1. The van der Waals surface area contributed by atoms with Crippen LogP contribution in [0.4, 0.5) is 0 Å². The van der Waals surface area contributed by atoms with Gasteiger partial charge < -0.3 is 9.47 Å². The minimum Gasteiger partial charge on any atom is -0.493 e. The van der Waals surface area contributed by atoms with E-state index in [9.17, 15) is 0 Å². The molecule has 1 fully saturated rings. The summed E-state index contributed by atoms with van der Waals surface area (Å²) in [6.45, 7) is 0. The monoisotopic (exact) mass is 282 g/mol. The zero-order valence-corrected chi connectivity index (χ0v) is 12.3. The second-order valence-corrected chi connectivity index (χ2v) is 6.01. The van der Waals surface area contributed by atoms with Crippen molar-refractivity contribution in [1.29, 1.82) is 0 Å². The number of rotatable bonds is 5. The highest BCUT2D eigenvalue weighted by Gasteiger charge is 2.25. The Hall–Kier alpha value is -0.910. The maximum Gasteiger partial charge on any atom is 0.161 e. The van der Waals surface area contributed by atoms with Crippen molar-refractivity contribution in [2.75, 3.05) is 20.0 Å². The van der Waals surface area contributed by atoms with Crippen LogP contribution in [-0.2, 0) is 0 Å². The molecule has 0 saturated carbocycles. The smallest absolute Gasteiger partial charge is 0.161 e. The molecule has 0 radical (unpaired) electrons. The summed E-state index contributed by atoms with van der Waals surface area (Å²) < 4.78 is 10.6. The van der Waals surface area contributed by atoms with Gasteiger partial charge in [-0.3, -0.25) is 11.3 Å². The number of benzene rings is 1. The van der Waals surface area contributed by atoms with E-state index < -0.39 is 0 Å². The van der Waals surface area contributed by atoms with Crippen LogP contribution in [0.15, 0.2) is 18.2 Å². The first-order chi connectivity index (χ1) is 9.30. The van der Waals surface area contributed by atoms with Crippen molar-refractivity contribution >= 4 is 11.8 Å². The van der Waals surface area contributed by atoms with Gasteiger partial charge in [-0.15, -0.1) is 0 Å². The van der Waals surface area contributed by atoms with Crippen LogP contribution in [0.3, 0.4) is 0 Å². The van der Waals surface area contributed by atoms with Crippen LogP contribution in [-0.4, -0.2) is 25.2 Å². The average molecular weight is 282 g/mol. The Kier molecular flexibility index (Phi) is 5.36. The lowest BCUT2D eigenvalue weighted by Gasteiger charge is -2.29. The molecule has 1 aromatic rings. The van der Waals surface area contributed by atoms with Crippen LogP contribution in [0.5, 0.6) is 11.5 Å². The minimum atomic E-state index is 0.158. The van der Waals surface area contributed by atoms with Gasteiger partial charge in [-0.1, -0.05) is 12.5 Å². The van der Waals surface area contributed by atoms with Gasteiger partial charge in [-0.25, -0.2) is 0 Å². The van der Waals surface area contributed by atoms with Gasteiger partial charge >= 0.3 is 0 Å². The molecule has 1 aromatic carbocycles. The molecule has 0 aliphatic carbocycles. The molecule has 1 aliphatic rings. The molecule has 2 rings (SSSR count). The van der Waals surface area contributed by atoms with Gasteiger partial charge in [0.15, 0.2) is 11.5 Å². The highest BCUT2D eigenvalue weighted by atomic mass is 32.2. The Balaban J connectivity index is 2.22. The third-order valence-corrected chi connectivity index (χ3v) is 4.99. The zero-order chi connectivity index (χ0) is 13.7. The quantitative estimate of drug-likeness (QED) is 0.642.